The summed E-state index contributed by atoms with van der Waals surface area (Å²) in [4.78, 5) is 11.3. The lowest BCUT2D eigenvalue weighted by Gasteiger charge is -2.04. The average Bonchev–Trinajstić information content (AvgIpc) is 2.65. The van der Waals surface area contributed by atoms with Crippen LogP contribution in [-0.2, 0) is 6.42 Å². The van der Waals surface area contributed by atoms with E-state index in [9.17, 15) is 18.7 Å². The van der Waals surface area contributed by atoms with Gasteiger partial charge in [-0.15, -0.1) is 0 Å². The van der Waals surface area contributed by atoms with Gasteiger partial charge in [0.25, 0.3) is 0 Å². The Balaban J connectivity index is 2.62. The van der Waals surface area contributed by atoms with Crippen LogP contribution in [0, 0.1) is 17.6 Å². The van der Waals surface area contributed by atoms with Crippen LogP contribution in [0.5, 0.6) is 0 Å². The Morgan fingerprint density at radius 1 is 1.43 bits per heavy atom. The van der Waals surface area contributed by atoms with Crippen LogP contribution in [0.15, 0.2) is 18.2 Å². The highest BCUT2D eigenvalue weighted by Gasteiger charge is 2.24. The number of carbonyl (C=O) groups is 1. The normalized spacial score (nSPS) is 11.1. The molecule has 4 nitrogen and oxygen atoms in total. The molecule has 0 atom stereocenters. The van der Waals surface area contributed by atoms with Crippen LogP contribution < -0.4 is 0 Å². The minimum absolute atomic E-state index is 0.0982. The van der Waals surface area contributed by atoms with Crippen LogP contribution in [0.2, 0.25) is 5.15 Å². The highest BCUT2D eigenvalue weighted by Crippen LogP contribution is 2.27. The van der Waals surface area contributed by atoms with E-state index >= 15 is 0 Å². The minimum atomic E-state index is -1.23. The molecule has 1 N–H and O–H groups in total. The van der Waals surface area contributed by atoms with Gasteiger partial charge in [0.05, 0.1) is 5.69 Å². The Labute approximate surface area is 125 Å². The second-order valence-corrected chi connectivity index (χ2v) is 5.38. The van der Waals surface area contributed by atoms with Crippen molar-refractivity contribution < 1.29 is 18.7 Å². The molecule has 2 rings (SSSR count). The largest absolute Gasteiger partial charge is 0.478 e. The van der Waals surface area contributed by atoms with E-state index in [0.717, 1.165) is 16.8 Å². The first-order valence-electron chi connectivity index (χ1n) is 6.27. The molecule has 0 saturated heterocycles. The van der Waals surface area contributed by atoms with Crippen molar-refractivity contribution in [3.05, 3.63) is 46.2 Å². The maximum Gasteiger partial charge on any atom is 0.340 e. The molecule has 0 aliphatic carbocycles. The number of aromatic nitrogens is 2. The number of nitrogens with zero attached hydrogens (tertiary/aromatic N) is 2. The molecule has 0 fully saturated rings. The van der Waals surface area contributed by atoms with Crippen LogP contribution in [0.1, 0.15) is 29.9 Å². The van der Waals surface area contributed by atoms with Gasteiger partial charge in [0, 0.05) is 6.07 Å². The molecule has 0 aliphatic heterocycles. The molecule has 1 heterocycles. The van der Waals surface area contributed by atoms with Crippen molar-refractivity contribution >= 4 is 17.6 Å². The van der Waals surface area contributed by atoms with Crippen molar-refractivity contribution in [3.63, 3.8) is 0 Å². The molecule has 1 aromatic carbocycles. The summed E-state index contributed by atoms with van der Waals surface area (Å²) in [6.07, 6.45) is 0.386. The second-order valence-electron chi connectivity index (χ2n) is 5.02. The Kier molecular flexibility index (Phi) is 4.27. The van der Waals surface area contributed by atoms with Gasteiger partial charge in [-0.2, -0.15) is 5.10 Å². The SMILES string of the molecule is CC(C)Cc1nn(-c2ccc(F)cc2F)c(Cl)c1C(=O)O. The summed E-state index contributed by atoms with van der Waals surface area (Å²) < 4.78 is 27.7. The number of rotatable bonds is 4. The van der Waals surface area contributed by atoms with Crippen molar-refractivity contribution in [1.82, 2.24) is 9.78 Å². The van der Waals surface area contributed by atoms with Gasteiger partial charge in [-0.1, -0.05) is 25.4 Å². The van der Waals surface area contributed by atoms with E-state index in [1.807, 2.05) is 13.8 Å². The van der Waals surface area contributed by atoms with E-state index in [0.29, 0.717) is 12.5 Å². The number of halogens is 3. The summed E-state index contributed by atoms with van der Waals surface area (Å²) in [6.45, 7) is 3.80. The molecule has 0 amide bonds. The van der Waals surface area contributed by atoms with Crippen LogP contribution in [0.25, 0.3) is 5.69 Å². The fraction of sp³-hybridized carbons (Fsp3) is 0.286. The van der Waals surface area contributed by atoms with E-state index in [-0.39, 0.29) is 28.0 Å². The number of aromatic carboxylic acids is 1. The first-order chi connectivity index (χ1) is 9.81. The Morgan fingerprint density at radius 2 is 2.10 bits per heavy atom. The third kappa shape index (κ3) is 3.05. The second kappa shape index (κ2) is 5.81. The van der Waals surface area contributed by atoms with E-state index in [4.69, 9.17) is 11.6 Å². The maximum atomic E-state index is 13.8. The van der Waals surface area contributed by atoms with Crippen LogP contribution in [0.3, 0.4) is 0 Å². The molecule has 0 saturated carbocycles. The standard InChI is InChI=1S/C14H13ClF2N2O2/c1-7(2)5-10-12(14(20)21)13(15)19(18-10)11-4-3-8(16)6-9(11)17/h3-4,6-7H,5H2,1-2H3,(H,20,21). The quantitative estimate of drug-likeness (QED) is 0.936. The first kappa shape index (κ1) is 15.4. The maximum absolute atomic E-state index is 13.8. The zero-order chi connectivity index (χ0) is 15.7. The van der Waals surface area contributed by atoms with Crippen LogP contribution >= 0.6 is 11.6 Å². The third-order valence-corrected chi connectivity index (χ3v) is 3.20. The van der Waals surface area contributed by atoms with Crippen molar-refractivity contribution in [2.24, 2.45) is 5.92 Å². The highest BCUT2D eigenvalue weighted by atomic mass is 35.5. The van der Waals surface area contributed by atoms with E-state index in [2.05, 4.69) is 5.10 Å². The summed E-state index contributed by atoms with van der Waals surface area (Å²) in [7, 11) is 0. The molecular formula is C14H13ClF2N2O2. The van der Waals surface area contributed by atoms with Gasteiger partial charge in [0.2, 0.25) is 0 Å². The fourth-order valence-corrected chi connectivity index (χ4v) is 2.31. The first-order valence-corrected chi connectivity index (χ1v) is 6.65. The molecule has 112 valence electrons. The van der Waals surface area contributed by atoms with Gasteiger partial charge in [-0.05, 0) is 24.5 Å². The Morgan fingerprint density at radius 3 is 2.62 bits per heavy atom. The number of hydrogen-bond acceptors (Lipinski definition) is 2. The Bertz CT molecular complexity index is 699. The number of carboxylic acids is 1. The monoisotopic (exact) mass is 314 g/mol. The molecule has 7 heteroatoms. The number of benzene rings is 1. The van der Waals surface area contributed by atoms with Gasteiger partial charge >= 0.3 is 5.97 Å². The average molecular weight is 315 g/mol. The highest BCUT2D eigenvalue weighted by molar-refractivity contribution is 6.33. The molecule has 0 spiro atoms. The predicted molar refractivity (Wildman–Crippen MR) is 74.0 cm³/mol. The lowest BCUT2D eigenvalue weighted by Crippen LogP contribution is -2.04. The molecular weight excluding hydrogens is 302 g/mol. The van der Waals surface area contributed by atoms with E-state index < -0.39 is 17.6 Å². The van der Waals surface area contributed by atoms with Crippen LogP contribution in [0.4, 0.5) is 8.78 Å². The molecule has 21 heavy (non-hydrogen) atoms. The lowest BCUT2D eigenvalue weighted by atomic mass is 10.1. The predicted octanol–water partition coefficient (Wildman–Crippen LogP) is 3.70. The number of hydrogen-bond donors (Lipinski definition) is 1. The van der Waals surface area contributed by atoms with E-state index in [1.165, 1.54) is 0 Å². The van der Waals surface area contributed by atoms with Gasteiger partial charge in [-0.25, -0.2) is 18.3 Å². The summed E-state index contributed by atoms with van der Waals surface area (Å²) in [6, 6.07) is 2.91. The van der Waals surface area contributed by atoms with Crippen LogP contribution in [-0.4, -0.2) is 20.9 Å². The van der Waals surface area contributed by atoms with Crippen molar-refractivity contribution in [2.45, 2.75) is 20.3 Å². The van der Waals surface area contributed by atoms with Gasteiger partial charge < -0.3 is 5.11 Å². The summed E-state index contributed by atoms with van der Waals surface area (Å²) in [5, 5.41) is 13.1. The Hall–Kier alpha value is -1.95. The zero-order valence-electron chi connectivity index (χ0n) is 11.4. The van der Waals surface area contributed by atoms with E-state index in [1.54, 1.807) is 0 Å². The minimum Gasteiger partial charge on any atom is -0.478 e. The number of carboxylic acid groups (broad SMARTS) is 1. The third-order valence-electron chi connectivity index (χ3n) is 2.85. The molecule has 2 aromatic rings. The molecule has 0 aliphatic rings. The van der Waals surface area contributed by atoms with Gasteiger partial charge in [0.1, 0.15) is 22.2 Å². The fourth-order valence-electron chi connectivity index (χ4n) is 1.99. The molecule has 0 bridgehead atoms. The van der Waals surface area contributed by atoms with Crippen molar-refractivity contribution in [3.8, 4) is 5.69 Å². The van der Waals surface area contributed by atoms with Crippen molar-refractivity contribution in [1.29, 1.82) is 0 Å². The van der Waals surface area contributed by atoms with Gasteiger partial charge in [0.15, 0.2) is 5.82 Å². The topological polar surface area (TPSA) is 55.1 Å². The molecule has 0 unspecified atom stereocenters. The molecule has 0 radical (unpaired) electrons. The van der Waals surface area contributed by atoms with Gasteiger partial charge in [-0.3, -0.25) is 0 Å². The van der Waals surface area contributed by atoms with Crippen molar-refractivity contribution in [2.75, 3.05) is 0 Å². The summed E-state index contributed by atoms with van der Waals surface area (Å²) in [5.74, 6) is -2.68. The summed E-state index contributed by atoms with van der Waals surface area (Å²) >= 11 is 6.01. The zero-order valence-corrected chi connectivity index (χ0v) is 12.2. The summed E-state index contributed by atoms with van der Waals surface area (Å²) in [5.41, 5.74) is 0.0132. The molecule has 1 aromatic heterocycles. The smallest absolute Gasteiger partial charge is 0.340 e. The lowest BCUT2D eigenvalue weighted by molar-refractivity contribution is 0.0695.